The normalized spacial score (nSPS) is 18.3. The lowest BCUT2D eigenvalue weighted by Crippen LogP contribution is -2.45. The van der Waals surface area contributed by atoms with E-state index >= 15 is 0 Å². The van der Waals surface area contributed by atoms with Crippen LogP contribution in [0, 0.1) is 0 Å². The number of nitrogens with zero attached hydrogens (tertiary/aromatic N) is 1. The molecule has 1 aromatic rings. The van der Waals surface area contributed by atoms with E-state index in [1.54, 1.807) is 6.07 Å². The van der Waals surface area contributed by atoms with E-state index in [0.717, 1.165) is 18.0 Å². The van der Waals surface area contributed by atoms with Gasteiger partial charge >= 0.3 is 6.18 Å². The van der Waals surface area contributed by atoms with E-state index in [1.807, 2.05) is 16.3 Å². The second-order valence-corrected chi connectivity index (χ2v) is 5.12. The van der Waals surface area contributed by atoms with Crippen LogP contribution < -0.4 is 5.32 Å². The van der Waals surface area contributed by atoms with E-state index in [0.29, 0.717) is 13.1 Å². The van der Waals surface area contributed by atoms with Gasteiger partial charge in [-0.25, -0.2) is 0 Å². The average Bonchev–Trinajstić information content (AvgIpc) is 2.79. The number of thiophene rings is 1. The third-order valence-corrected chi connectivity index (χ3v) is 3.86. The highest BCUT2D eigenvalue weighted by molar-refractivity contribution is 7.10. The summed E-state index contributed by atoms with van der Waals surface area (Å²) in [6.45, 7) is 2.89. The highest BCUT2D eigenvalue weighted by Gasteiger charge is 2.36. The van der Waals surface area contributed by atoms with Gasteiger partial charge in [0.15, 0.2) is 0 Å². The van der Waals surface area contributed by atoms with E-state index in [2.05, 4.69) is 5.32 Å². The Labute approximate surface area is 127 Å². The first-order chi connectivity index (χ1) is 8.06. The first-order valence-corrected chi connectivity index (χ1v) is 6.49. The summed E-state index contributed by atoms with van der Waals surface area (Å²) in [5.74, 6) is 0. The quantitative estimate of drug-likeness (QED) is 0.908. The maximum absolute atomic E-state index is 12.6. The molecule has 1 N–H and O–H groups in total. The van der Waals surface area contributed by atoms with E-state index in [-0.39, 0.29) is 24.8 Å². The van der Waals surface area contributed by atoms with Crippen LogP contribution in [0.5, 0.6) is 0 Å². The SMILES string of the molecule is Cl.Cl.FC(F)(F)C[C@H](c1cccs1)N1CCNCC1. The molecule has 1 atom stereocenters. The van der Waals surface area contributed by atoms with E-state index in [1.165, 1.54) is 11.3 Å². The summed E-state index contributed by atoms with van der Waals surface area (Å²) in [5.41, 5.74) is 0. The number of halogens is 5. The molecule has 0 saturated carbocycles. The minimum Gasteiger partial charge on any atom is -0.314 e. The first-order valence-electron chi connectivity index (χ1n) is 5.61. The van der Waals surface area contributed by atoms with Gasteiger partial charge in [-0.05, 0) is 11.4 Å². The molecule has 1 aliphatic rings. The summed E-state index contributed by atoms with van der Waals surface area (Å²) in [5, 5.41) is 4.99. The van der Waals surface area contributed by atoms with Crippen LogP contribution in [0.15, 0.2) is 17.5 Å². The standard InChI is InChI=1S/C11H15F3N2S.2ClH/c12-11(13,14)8-9(10-2-1-7-17-10)16-5-3-15-4-6-16;;/h1-2,7,9,15H,3-6,8H2;2*1H/t9-;;/m1../s1. The predicted molar refractivity (Wildman–Crippen MR) is 76.7 cm³/mol. The third kappa shape index (κ3) is 5.87. The molecule has 1 fully saturated rings. The molecule has 19 heavy (non-hydrogen) atoms. The van der Waals surface area contributed by atoms with Crippen molar-refractivity contribution in [2.24, 2.45) is 0 Å². The van der Waals surface area contributed by atoms with Crippen LogP contribution in [0.25, 0.3) is 0 Å². The van der Waals surface area contributed by atoms with Crippen molar-refractivity contribution in [3.8, 4) is 0 Å². The molecule has 0 spiro atoms. The molecule has 0 radical (unpaired) electrons. The van der Waals surface area contributed by atoms with Crippen LogP contribution in [0.4, 0.5) is 13.2 Å². The smallest absolute Gasteiger partial charge is 0.314 e. The Kier molecular flexibility index (Phi) is 8.31. The summed E-state index contributed by atoms with van der Waals surface area (Å²) >= 11 is 1.40. The van der Waals surface area contributed by atoms with Crippen molar-refractivity contribution in [2.45, 2.75) is 18.6 Å². The maximum atomic E-state index is 12.6. The van der Waals surface area contributed by atoms with Gasteiger partial charge in [-0.3, -0.25) is 4.90 Å². The average molecular weight is 337 g/mol. The molecule has 0 aliphatic carbocycles. The van der Waals surface area contributed by atoms with Crippen molar-refractivity contribution in [1.82, 2.24) is 10.2 Å². The molecule has 0 aromatic carbocycles. The Morgan fingerprint density at radius 1 is 1.26 bits per heavy atom. The molecular weight excluding hydrogens is 320 g/mol. The fourth-order valence-corrected chi connectivity index (χ4v) is 2.96. The molecule has 0 unspecified atom stereocenters. The summed E-state index contributed by atoms with van der Waals surface area (Å²) in [4.78, 5) is 2.74. The number of piperazine rings is 1. The van der Waals surface area contributed by atoms with Gasteiger partial charge in [0.1, 0.15) is 0 Å². The molecule has 1 aliphatic heterocycles. The molecule has 8 heteroatoms. The maximum Gasteiger partial charge on any atom is 0.390 e. The Balaban J connectivity index is 0.00000162. The zero-order valence-corrected chi connectivity index (χ0v) is 12.6. The fraction of sp³-hybridized carbons (Fsp3) is 0.636. The molecule has 1 aromatic heterocycles. The van der Waals surface area contributed by atoms with Gasteiger partial charge < -0.3 is 5.32 Å². The van der Waals surface area contributed by atoms with Crippen LogP contribution >= 0.6 is 36.2 Å². The Hall–Kier alpha value is -0.0100. The van der Waals surface area contributed by atoms with Crippen molar-refractivity contribution < 1.29 is 13.2 Å². The first kappa shape index (κ1) is 19.0. The Morgan fingerprint density at radius 2 is 1.89 bits per heavy atom. The topological polar surface area (TPSA) is 15.3 Å². The van der Waals surface area contributed by atoms with Crippen LogP contribution in [-0.2, 0) is 0 Å². The third-order valence-electron chi connectivity index (χ3n) is 2.89. The minimum absolute atomic E-state index is 0. The fourth-order valence-electron chi connectivity index (χ4n) is 2.10. The van der Waals surface area contributed by atoms with Gasteiger partial charge in [0.05, 0.1) is 12.5 Å². The van der Waals surface area contributed by atoms with Crippen LogP contribution in [0.3, 0.4) is 0 Å². The number of hydrogen-bond donors (Lipinski definition) is 1. The van der Waals surface area contributed by atoms with Gasteiger partial charge in [-0.2, -0.15) is 13.2 Å². The van der Waals surface area contributed by atoms with E-state index in [4.69, 9.17) is 0 Å². The predicted octanol–water partition coefficient (Wildman–Crippen LogP) is 3.49. The molecule has 112 valence electrons. The lowest BCUT2D eigenvalue weighted by Gasteiger charge is -2.34. The summed E-state index contributed by atoms with van der Waals surface area (Å²) in [6, 6.07) is 3.09. The summed E-state index contributed by atoms with van der Waals surface area (Å²) in [7, 11) is 0. The monoisotopic (exact) mass is 336 g/mol. The van der Waals surface area contributed by atoms with Crippen LogP contribution in [-0.4, -0.2) is 37.3 Å². The largest absolute Gasteiger partial charge is 0.390 e. The lowest BCUT2D eigenvalue weighted by atomic mass is 10.1. The molecule has 2 heterocycles. The molecule has 0 bridgehead atoms. The van der Waals surface area contributed by atoms with Crippen molar-refractivity contribution in [3.63, 3.8) is 0 Å². The minimum atomic E-state index is -4.11. The number of alkyl halides is 3. The van der Waals surface area contributed by atoms with Crippen LogP contribution in [0.2, 0.25) is 0 Å². The van der Waals surface area contributed by atoms with Gasteiger partial charge in [-0.15, -0.1) is 36.2 Å². The molecular formula is C11H17Cl2F3N2S. The highest BCUT2D eigenvalue weighted by atomic mass is 35.5. The number of rotatable bonds is 3. The highest BCUT2D eigenvalue weighted by Crippen LogP contribution is 2.35. The second-order valence-electron chi connectivity index (χ2n) is 4.14. The molecule has 1 saturated heterocycles. The number of hydrogen-bond acceptors (Lipinski definition) is 3. The van der Waals surface area contributed by atoms with Crippen molar-refractivity contribution in [1.29, 1.82) is 0 Å². The van der Waals surface area contributed by atoms with Gasteiger partial charge in [0.25, 0.3) is 0 Å². The number of nitrogens with one attached hydrogen (secondary N) is 1. The Bertz CT molecular complexity index is 340. The summed E-state index contributed by atoms with van der Waals surface area (Å²) in [6.07, 6.45) is -4.87. The van der Waals surface area contributed by atoms with Crippen molar-refractivity contribution in [3.05, 3.63) is 22.4 Å². The second kappa shape index (κ2) is 8.32. The van der Waals surface area contributed by atoms with Gasteiger partial charge in [-0.1, -0.05) is 6.07 Å². The molecule has 2 nitrogen and oxygen atoms in total. The van der Waals surface area contributed by atoms with E-state index in [9.17, 15) is 13.2 Å². The molecule has 2 rings (SSSR count). The van der Waals surface area contributed by atoms with Crippen molar-refractivity contribution >= 4 is 36.2 Å². The lowest BCUT2D eigenvalue weighted by molar-refractivity contribution is -0.148. The van der Waals surface area contributed by atoms with Gasteiger partial charge in [0, 0.05) is 31.1 Å². The zero-order valence-electron chi connectivity index (χ0n) is 10.2. The van der Waals surface area contributed by atoms with Crippen LogP contribution in [0.1, 0.15) is 17.3 Å². The molecule has 0 amide bonds. The zero-order chi connectivity index (χ0) is 12.3. The Morgan fingerprint density at radius 3 is 2.37 bits per heavy atom. The van der Waals surface area contributed by atoms with Gasteiger partial charge in [0.2, 0.25) is 0 Å². The summed E-state index contributed by atoms with van der Waals surface area (Å²) < 4.78 is 37.8. The van der Waals surface area contributed by atoms with Crippen molar-refractivity contribution in [2.75, 3.05) is 26.2 Å². The van der Waals surface area contributed by atoms with E-state index < -0.39 is 18.6 Å².